The van der Waals surface area contributed by atoms with Crippen molar-refractivity contribution in [3.05, 3.63) is 235 Å². The molecule has 0 bridgehead atoms. The van der Waals surface area contributed by atoms with E-state index < -0.39 is 0 Å². The molecule has 12 rings (SSSR count). The zero-order valence-corrected chi connectivity index (χ0v) is 33.2. The highest BCUT2D eigenvalue weighted by atomic mass is 32.1. The molecule has 0 fully saturated rings. The molecule has 0 saturated carbocycles. The van der Waals surface area contributed by atoms with Gasteiger partial charge in [0, 0.05) is 36.9 Å². The second-order valence-electron chi connectivity index (χ2n) is 15.9. The first kappa shape index (κ1) is 34.1. The molecule has 9 aromatic carbocycles. The van der Waals surface area contributed by atoms with E-state index in [-0.39, 0.29) is 11.3 Å². The number of fused-ring (bicyclic) bond motifs is 9. The number of para-hydroxylation sites is 1. The Bertz CT molecular complexity index is 3320. The highest BCUT2D eigenvalue weighted by Crippen LogP contribution is 2.62. The molecule has 0 aliphatic heterocycles. The summed E-state index contributed by atoms with van der Waals surface area (Å²) in [6.07, 6.45) is 10.2. The molecule has 0 N–H and O–H groups in total. The molecule has 59 heavy (non-hydrogen) atoms. The van der Waals surface area contributed by atoms with E-state index in [1.807, 2.05) is 11.3 Å². The molecule has 2 unspecified atom stereocenters. The van der Waals surface area contributed by atoms with Crippen molar-refractivity contribution in [3.8, 4) is 22.3 Å². The van der Waals surface area contributed by atoms with Gasteiger partial charge in [0.15, 0.2) is 0 Å². The topological polar surface area (TPSA) is 3.24 Å². The van der Waals surface area contributed by atoms with E-state index in [1.165, 1.54) is 80.7 Å². The van der Waals surface area contributed by atoms with Crippen molar-refractivity contribution in [2.45, 2.75) is 11.8 Å². The number of nitrogens with zero attached hydrogens (tertiary/aromatic N) is 1. The van der Waals surface area contributed by atoms with Gasteiger partial charge >= 0.3 is 0 Å². The Labute approximate surface area is 348 Å². The SMILES string of the molecule is C1=CCC(C2(c3ccccc3)c3ccccc3-c3c(-c4ccc(N(c5ccccc5)c5ccc6c(c5)sc5ccccc56)c5ccccc45)cc4ccccc4c32)C=C1. The highest BCUT2D eigenvalue weighted by molar-refractivity contribution is 7.25. The average Bonchev–Trinajstić information content (AvgIpc) is 3.84. The quantitative estimate of drug-likeness (QED) is 0.163. The molecule has 0 radical (unpaired) electrons. The van der Waals surface area contributed by atoms with Crippen LogP contribution >= 0.6 is 11.3 Å². The summed E-state index contributed by atoms with van der Waals surface area (Å²) in [5.41, 5.74) is 12.4. The lowest BCUT2D eigenvalue weighted by Gasteiger charge is -2.40. The van der Waals surface area contributed by atoms with E-state index >= 15 is 0 Å². The number of hydrogen-bond acceptors (Lipinski definition) is 2. The zero-order chi connectivity index (χ0) is 38.9. The third-order valence-electron chi connectivity index (χ3n) is 12.9. The summed E-state index contributed by atoms with van der Waals surface area (Å²) >= 11 is 1.87. The molecule has 10 aromatic rings. The molecule has 0 saturated heterocycles. The molecular weight excluding hydrogens is 731 g/mol. The van der Waals surface area contributed by atoms with Gasteiger partial charge in [0.05, 0.1) is 11.1 Å². The summed E-state index contributed by atoms with van der Waals surface area (Å²) in [6.45, 7) is 0. The number of thiophene rings is 1. The van der Waals surface area contributed by atoms with Crippen LogP contribution in [0.1, 0.15) is 23.1 Å². The number of benzene rings is 9. The Morgan fingerprint density at radius 3 is 2.00 bits per heavy atom. The summed E-state index contributed by atoms with van der Waals surface area (Å²) in [5, 5.41) is 7.66. The van der Waals surface area contributed by atoms with Crippen LogP contribution < -0.4 is 4.90 Å². The fraction of sp³-hybridized carbons (Fsp3) is 0.0526. The first-order valence-corrected chi connectivity index (χ1v) is 21.4. The van der Waals surface area contributed by atoms with E-state index in [1.54, 1.807) is 0 Å². The Morgan fingerprint density at radius 2 is 1.17 bits per heavy atom. The molecule has 2 aliphatic carbocycles. The van der Waals surface area contributed by atoms with Crippen LogP contribution in [-0.2, 0) is 5.41 Å². The van der Waals surface area contributed by atoms with Gasteiger partial charge in [0.1, 0.15) is 0 Å². The van der Waals surface area contributed by atoms with E-state index in [9.17, 15) is 0 Å². The van der Waals surface area contributed by atoms with E-state index in [0.29, 0.717) is 0 Å². The largest absolute Gasteiger partial charge is 0.310 e. The summed E-state index contributed by atoms with van der Waals surface area (Å²) in [4.78, 5) is 2.44. The van der Waals surface area contributed by atoms with Crippen LogP contribution in [0.4, 0.5) is 17.1 Å². The number of allylic oxidation sites excluding steroid dienone is 4. The predicted octanol–water partition coefficient (Wildman–Crippen LogP) is 15.9. The highest BCUT2D eigenvalue weighted by Gasteiger charge is 2.50. The first-order chi connectivity index (χ1) is 29.3. The van der Waals surface area contributed by atoms with Gasteiger partial charge in [0.2, 0.25) is 0 Å². The van der Waals surface area contributed by atoms with Crippen molar-refractivity contribution in [2.75, 3.05) is 4.90 Å². The lowest BCUT2D eigenvalue weighted by Crippen LogP contribution is -2.35. The number of hydrogen-bond donors (Lipinski definition) is 0. The Morgan fingerprint density at radius 1 is 0.475 bits per heavy atom. The van der Waals surface area contributed by atoms with Crippen LogP contribution in [0.25, 0.3) is 64.0 Å². The van der Waals surface area contributed by atoms with Gasteiger partial charge < -0.3 is 4.90 Å². The fourth-order valence-corrected chi connectivity index (χ4v) is 11.6. The summed E-state index contributed by atoms with van der Waals surface area (Å²) in [7, 11) is 0. The minimum atomic E-state index is -0.380. The van der Waals surface area contributed by atoms with Crippen LogP contribution in [0, 0.1) is 5.92 Å². The third kappa shape index (κ3) is 5.10. The third-order valence-corrected chi connectivity index (χ3v) is 14.0. The van der Waals surface area contributed by atoms with Crippen molar-refractivity contribution in [2.24, 2.45) is 5.92 Å². The lowest BCUT2D eigenvalue weighted by atomic mass is 9.61. The van der Waals surface area contributed by atoms with Crippen LogP contribution in [0.2, 0.25) is 0 Å². The first-order valence-electron chi connectivity index (χ1n) is 20.6. The molecule has 1 aromatic heterocycles. The molecule has 2 aliphatic rings. The van der Waals surface area contributed by atoms with Crippen molar-refractivity contribution in [1.82, 2.24) is 0 Å². The van der Waals surface area contributed by atoms with Crippen molar-refractivity contribution in [1.29, 1.82) is 0 Å². The van der Waals surface area contributed by atoms with E-state index in [2.05, 4.69) is 223 Å². The van der Waals surface area contributed by atoms with Gasteiger partial charge in [-0.25, -0.2) is 0 Å². The predicted molar refractivity (Wildman–Crippen MR) is 253 cm³/mol. The maximum absolute atomic E-state index is 2.47. The van der Waals surface area contributed by atoms with Crippen molar-refractivity contribution in [3.63, 3.8) is 0 Å². The smallest absolute Gasteiger partial charge is 0.0540 e. The molecule has 1 heterocycles. The molecule has 0 amide bonds. The molecule has 1 nitrogen and oxygen atoms in total. The minimum absolute atomic E-state index is 0.243. The second kappa shape index (κ2) is 13.6. The maximum atomic E-state index is 2.47. The average molecular weight is 770 g/mol. The minimum Gasteiger partial charge on any atom is -0.310 e. The second-order valence-corrected chi connectivity index (χ2v) is 17.0. The fourth-order valence-electron chi connectivity index (χ4n) is 10.5. The zero-order valence-electron chi connectivity index (χ0n) is 32.4. The summed E-state index contributed by atoms with van der Waals surface area (Å²) in [6, 6.07) is 72.4. The normalized spacial score (nSPS) is 16.8. The van der Waals surface area contributed by atoms with E-state index in [0.717, 1.165) is 23.5 Å². The standard InChI is InChI=1S/C57H39NS/c1-4-19-39(20-5-1)57(40-21-6-2-7-22-40)51-30-16-14-29-49(51)55-50(36-38-18-10-11-25-43(38)56(55)57)45-34-35-52(46-27-13-12-26-44(45)46)58(41-23-8-3-9-24-41)42-32-33-48-47-28-15-17-31-53(47)59-54(48)37-42/h1-21,23-37,40H,22H2. The van der Waals surface area contributed by atoms with Gasteiger partial charge in [-0.2, -0.15) is 0 Å². The van der Waals surface area contributed by atoms with Gasteiger partial charge in [-0.3, -0.25) is 0 Å². The van der Waals surface area contributed by atoms with Crippen LogP contribution in [-0.4, -0.2) is 0 Å². The Balaban J connectivity index is 1.14. The van der Waals surface area contributed by atoms with Crippen molar-refractivity contribution >= 4 is 70.1 Å². The van der Waals surface area contributed by atoms with E-state index in [4.69, 9.17) is 0 Å². The summed E-state index contributed by atoms with van der Waals surface area (Å²) < 4.78 is 2.61. The van der Waals surface area contributed by atoms with Crippen LogP contribution in [0.3, 0.4) is 0 Å². The molecule has 278 valence electrons. The van der Waals surface area contributed by atoms with Gasteiger partial charge in [-0.05, 0) is 110 Å². The number of rotatable bonds is 6. The molecule has 0 spiro atoms. The molecule has 2 atom stereocenters. The monoisotopic (exact) mass is 769 g/mol. The Hall–Kier alpha value is -7.00. The van der Waals surface area contributed by atoms with Crippen LogP contribution in [0.5, 0.6) is 0 Å². The molecule has 2 heteroatoms. The molecular formula is C57H39NS. The lowest BCUT2D eigenvalue weighted by molar-refractivity contribution is 0.460. The van der Waals surface area contributed by atoms with Crippen molar-refractivity contribution < 1.29 is 0 Å². The van der Waals surface area contributed by atoms with Gasteiger partial charge in [-0.1, -0.05) is 176 Å². The Kier molecular flexibility index (Phi) is 7.83. The maximum Gasteiger partial charge on any atom is 0.0540 e. The number of anilines is 3. The summed E-state index contributed by atoms with van der Waals surface area (Å²) in [5.74, 6) is 0.243. The van der Waals surface area contributed by atoms with Gasteiger partial charge in [-0.15, -0.1) is 11.3 Å². The van der Waals surface area contributed by atoms with Gasteiger partial charge in [0.25, 0.3) is 0 Å². The van der Waals surface area contributed by atoms with Crippen LogP contribution in [0.15, 0.2) is 218 Å².